The quantitative estimate of drug-likeness (QED) is 0.833. The molecule has 0 aliphatic carbocycles. The van der Waals surface area contributed by atoms with E-state index in [1.165, 1.54) is 4.90 Å². The minimum atomic E-state index is -0.881. The van der Waals surface area contributed by atoms with Crippen molar-refractivity contribution in [1.29, 1.82) is 0 Å². The molecule has 1 unspecified atom stereocenters. The zero-order valence-corrected chi connectivity index (χ0v) is 13.2. The van der Waals surface area contributed by atoms with Gasteiger partial charge in [-0.3, -0.25) is 9.59 Å². The van der Waals surface area contributed by atoms with Gasteiger partial charge < -0.3 is 14.9 Å². The summed E-state index contributed by atoms with van der Waals surface area (Å²) in [6.45, 7) is 1.85. The zero-order valence-electron chi connectivity index (χ0n) is 13.2. The third kappa shape index (κ3) is 5.45. The molecule has 0 aliphatic heterocycles. The number of hydrogen-bond donors (Lipinski definition) is 1. The first kappa shape index (κ1) is 17.0. The van der Waals surface area contributed by atoms with E-state index >= 15 is 0 Å². The fourth-order valence-electron chi connectivity index (χ4n) is 2.02. The van der Waals surface area contributed by atoms with Crippen LogP contribution in [-0.4, -0.2) is 49.6 Å². The smallest absolute Gasteiger partial charge is 0.308 e. The Morgan fingerprint density at radius 3 is 2.48 bits per heavy atom. The van der Waals surface area contributed by atoms with E-state index in [0.717, 1.165) is 11.3 Å². The molecular weight excluding hydrogens is 268 g/mol. The Kier molecular flexibility index (Phi) is 6.21. The van der Waals surface area contributed by atoms with Crippen LogP contribution in [0.5, 0.6) is 0 Å². The molecule has 0 fully saturated rings. The first-order chi connectivity index (χ1) is 9.81. The molecule has 0 radical (unpaired) electrons. The van der Waals surface area contributed by atoms with Gasteiger partial charge in [0.15, 0.2) is 0 Å². The van der Waals surface area contributed by atoms with Crippen LogP contribution in [0.2, 0.25) is 0 Å². The van der Waals surface area contributed by atoms with E-state index in [9.17, 15) is 9.59 Å². The van der Waals surface area contributed by atoms with Gasteiger partial charge in [0.1, 0.15) is 0 Å². The third-order valence-electron chi connectivity index (χ3n) is 3.45. The van der Waals surface area contributed by atoms with Gasteiger partial charge in [-0.2, -0.15) is 0 Å². The average Bonchev–Trinajstić information content (AvgIpc) is 2.44. The van der Waals surface area contributed by atoms with E-state index < -0.39 is 11.9 Å². The Morgan fingerprint density at radius 2 is 1.90 bits per heavy atom. The number of carboxylic acid groups (broad SMARTS) is 1. The van der Waals surface area contributed by atoms with Gasteiger partial charge >= 0.3 is 5.97 Å². The molecule has 1 aromatic carbocycles. The maximum Gasteiger partial charge on any atom is 0.308 e. The van der Waals surface area contributed by atoms with Gasteiger partial charge in [-0.25, -0.2) is 0 Å². The number of aliphatic carboxylic acids is 1. The number of anilines is 1. The van der Waals surface area contributed by atoms with Crippen molar-refractivity contribution in [1.82, 2.24) is 4.90 Å². The third-order valence-corrected chi connectivity index (χ3v) is 3.45. The molecule has 0 aromatic heterocycles. The number of nitrogens with zero attached hydrogens (tertiary/aromatic N) is 2. The summed E-state index contributed by atoms with van der Waals surface area (Å²) < 4.78 is 0. The van der Waals surface area contributed by atoms with Crippen LogP contribution in [0.15, 0.2) is 24.3 Å². The highest BCUT2D eigenvalue weighted by molar-refractivity contribution is 5.77. The summed E-state index contributed by atoms with van der Waals surface area (Å²) in [6.07, 6.45) is 1.05. The lowest BCUT2D eigenvalue weighted by Crippen LogP contribution is -2.33. The predicted molar refractivity (Wildman–Crippen MR) is 83.5 cm³/mol. The summed E-state index contributed by atoms with van der Waals surface area (Å²) in [4.78, 5) is 26.3. The summed E-state index contributed by atoms with van der Waals surface area (Å²) in [5.41, 5.74) is 2.21. The molecule has 5 heteroatoms. The highest BCUT2D eigenvalue weighted by atomic mass is 16.4. The number of carbonyl (C=O) groups is 2. The van der Waals surface area contributed by atoms with Crippen molar-refractivity contribution in [3.8, 4) is 0 Å². The number of rotatable bonds is 7. The minimum absolute atomic E-state index is 0.0293. The fraction of sp³-hybridized carbons (Fsp3) is 0.500. The van der Waals surface area contributed by atoms with Crippen LogP contribution >= 0.6 is 0 Å². The van der Waals surface area contributed by atoms with Crippen molar-refractivity contribution < 1.29 is 14.7 Å². The molecule has 0 heterocycles. The topological polar surface area (TPSA) is 60.9 Å². The fourth-order valence-corrected chi connectivity index (χ4v) is 2.02. The summed E-state index contributed by atoms with van der Waals surface area (Å²) in [7, 11) is 5.61. The second-order valence-electron chi connectivity index (χ2n) is 5.58. The standard InChI is InChI=1S/C16H24N2O3/c1-12(16(20)21)11-18(4)15(19)9-8-13-6-5-7-14(10-13)17(2)3/h5-7,10,12H,8-9,11H2,1-4H3,(H,20,21). The first-order valence-corrected chi connectivity index (χ1v) is 7.04. The molecule has 0 bridgehead atoms. The Morgan fingerprint density at radius 1 is 1.24 bits per heavy atom. The monoisotopic (exact) mass is 292 g/mol. The van der Waals surface area contributed by atoms with Crippen LogP contribution in [-0.2, 0) is 16.0 Å². The lowest BCUT2D eigenvalue weighted by molar-refractivity contribution is -0.142. The molecule has 0 aliphatic rings. The van der Waals surface area contributed by atoms with Gasteiger partial charge in [-0.1, -0.05) is 19.1 Å². The normalized spacial score (nSPS) is 11.8. The molecular formula is C16H24N2O3. The molecule has 5 nitrogen and oxygen atoms in total. The van der Waals surface area contributed by atoms with Gasteiger partial charge in [0.2, 0.25) is 5.91 Å². The second kappa shape index (κ2) is 7.67. The Balaban J connectivity index is 2.52. The molecule has 21 heavy (non-hydrogen) atoms. The van der Waals surface area contributed by atoms with Crippen molar-refractivity contribution >= 4 is 17.6 Å². The van der Waals surface area contributed by atoms with Gasteiger partial charge in [-0.15, -0.1) is 0 Å². The van der Waals surface area contributed by atoms with Crippen molar-refractivity contribution in [3.63, 3.8) is 0 Å². The highest BCUT2D eigenvalue weighted by Gasteiger charge is 2.17. The number of carbonyl (C=O) groups excluding carboxylic acids is 1. The molecule has 0 spiro atoms. The van der Waals surface area contributed by atoms with Crippen LogP contribution in [0.4, 0.5) is 5.69 Å². The zero-order chi connectivity index (χ0) is 16.0. The number of benzene rings is 1. The minimum Gasteiger partial charge on any atom is -0.481 e. The van der Waals surface area contributed by atoms with E-state index in [4.69, 9.17) is 5.11 Å². The number of amides is 1. The van der Waals surface area contributed by atoms with E-state index in [1.807, 2.05) is 37.2 Å². The van der Waals surface area contributed by atoms with E-state index in [1.54, 1.807) is 14.0 Å². The van der Waals surface area contributed by atoms with E-state index in [0.29, 0.717) is 12.8 Å². The number of hydrogen-bond acceptors (Lipinski definition) is 3. The molecule has 1 amide bonds. The first-order valence-electron chi connectivity index (χ1n) is 7.04. The van der Waals surface area contributed by atoms with Gasteiger partial charge in [0.05, 0.1) is 5.92 Å². The molecule has 1 rings (SSSR count). The number of aryl methyl sites for hydroxylation is 1. The van der Waals surface area contributed by atoms with Crippen LogP contribution in [0.25, 0.3) is 0 Å². The van der Waals surface area contributed by atoms with Crippen LogP contribution in [0.3, 0.4) is 0 Å². The van der Waals surface area contributed by atoms with Crippen LogP contribution in [0, 0.1) is 5.92 Å². The second-order valence-corrected chi connectivity index (χ2v) is 5.58. The highest BCUT2D eigenvalue weighted by Crippen LogP contribution is 2.15. The lowest BCUT2D eigenvalue weighted by Gasteiger charge is -2.19. The van der Waals surface area contributed by atoms with Crippen molar-refractivity contribution in [2.75, 3.05) is 32.6 Å². The maximum atomic E-state index is 12.0. The molecule has 0 saturated heterocycles. The van der Waals surface area contributed by atoms with Gasteiger partial charge in [0, 0.05) is 39.8 Å². The average molecular weight is 292 g/mol. The SMILES string of the molecule is CC(CN(C)C(=O)CCc1cccc(N(C)C)c1)C(=O)O. The van der Waals surface area contributed by atoms with Crippen LogP contribution in [0.1, 0.15) is 18.9 Å². The van der Waals surface area contributed by atoms with Crippen LogP contribution < -0.4 is 4.90 Å². The molecule has 116 valence electrons. The Bertz CT molecular complexity index is 500. The largest absolute Gasteiger partial charge is 0.481 e. The molecule has 1 aromatic rings. The summed E-state index contributed by atoms with van der Waals surface area (Å²) in [6, 6.07) is 8.06. The van der Waals surface area contributed by atoms with Crippen molar-refractivity contribution in [3.05, 3.63) is 29.8 Å². The summed E-state index contributed by atoms with van der Waals surface area (Å²) in [5.74, 6) is -1.46. The predicted octanol–water partition coefficient (Wildman–Crippen LogP) is 1.86. The van der Waals surface area contributed by atoms with Crippen molar-refractivity contribution in [2.45, 2.75) is 19.8 Å². The Labute approximate surface area is 126 Å². The molecule has 1 atom stereocenters. The summed E-state index contributed by atoms with van der Waals surface area (Å²) in [5, 5.41) is 8.86. The maximum absolute atomic E-state index is 12.0. The number of carboxylic acids is 1. The van der Waals surface area contributed by atoms with Gasteiger partial charge in [0.25, 0.3) is 0 Å². The Hall–Kier alpha value is -2.04. The molecule has 0 saturated carbocycles. The molecule has 1 N–H and O–H groups in total. The lowest BCUT2D eigenvalue weighted by atomic mass is 10.1. The van der Waals surface area contributed by atoms with Crippen molar-refractivity contribution in [2.24, 2.45) is 5.92 Å². The van der Waals surface area contributed by atoms with E-state index in [-0.39, 0.29) is 12.5 Å². The van der Waals surface area contributed by atoms with E-state index in [2.05, 4.69) is 6.07 Å². The summed E-state index contributed by atoms with van der Waals surface area (Å²) >= 11 is 0. The van der Waals surface area contributed by atoms with Gasteiger partial charge in [-0.05, 0) is 24.1 Å².